The number of hydrogen-bond acceptors (Lipinski definition) is 2. The van der Waals surface area contributed by atoms with Gasteiger partial charge in [0.1, 0.15) is 5.75 Å². The SMILES string of the molecule is C=C(C(=O)O)c1c(C(C)c2cc(C(C)C)cc(C(C)(C)C)c2O)cc(C(C)C)cc1C(C)(C)C. The van der Waals surface area contributed by atoms with Gasteiger partial charge in [-0.15, -0.1) is 0 Å². The van der Waals surface area contributed by atoms with Crippen LogP contribution in [0.4, 0.5) is 0 Å². The summed E-state index contributed by atoms with van der Waals surface area (Å²) in [7, 11) is 0. The highest BCUT2D eigenvalue weighted by Crippen LogP contribution is 2.45. The predicted octanol–water partition coefficient (Wildman–Crippen LogP) is 8.48. The number of benzene rings is 2. The first-order chi connectivity index (χ1) is 15.4. The number of aromatic hydroxyl groups is 1. The van der Waals surface area contributed by atoms with Crippen molar-refractivity contribution in [1.82, 2.24) is 0 Å². The van der Waals surface area contributed by atoms with Gasteiger partial charge in [0.2, 0.25) is 0 Å². The molecule has 0 fully saturated rings. The molecule has 0 aliphatic heterocycles. The maximum Gasteiger partial charge on any atom is 0.335 e. The van der Waals surface area contributed by atoms with Crippen LogP contribution in [0.15, 0.2) is 30.8 Å². The number of hydrogen-bond donors (Lipinski definition) is 2. The lowest BCUT2D eigenvalue weighted by Gasteiger charge is -2.31. The van der Waals surface area contributed by atoms with E-state index in [1.165, 1.54) is 5.56 Å². The summed E-state index contributed by atoms with van der Waals surface area (Å²) in [6.45, 7) is 27.3. The summed E-state index contributed by atoms with van der Waals surface area (Å²) in [5.41, 5.74) is 6.22. The molecule has 3 heteroatoms. The van der Waals surface area contributed by atoms with Crippen LogP contribution in [-0.4, -0.2) is 16.2 Å². The highest BCUT2D eigenvalue weighted by molar-refractivity contribution is 6.15. The minimum Gasteiger partial charge on any atom is -0.507 e. The number of carbonyl (C=O) groups is 1. The summed E-state index contributed by atoms with van der Waals surface area (Å²) in [5, 5.41) is 21.4. The van der Waals surface area contributed by atoms with Crippen LogP contribution in [0.25, 0.3) is 5.57 Å². The lowest BCUT2D eigenvalue weighted by atomic mass is 9.74. The molecule has 2 aromatic rings. The largest absolute Gasteiger partial charge is 0.507 e. The van der Waals surface area contributed by atoms with Crippen LogP contribution in [0.5, 0.6) is 5.75 Å². The van der Waals surface area contributed by atoms with Gasteiger partial charge in [-0.3, -0.25) is 0 Å². The molecule has 2 N–H and O–H groups in total. The van der Waals surface area contributed by atoms with Gasteiger partial charge in [-0.25, -0.2) is 4.79 Å². The van der Waals surface area contributed by atoms with Gasteiger partial charge in [-0.05, 0) is 56.0 Å². The Labute approximate surface area is 206 Å². The van der Waals surface area contributed by atoms with E-state index in [1.54, 1.807) is 0 Å². The normalized spacial score (nSPS) is 13.4. The van der Waals surface area contributed by atoms with Crippen LogP contribution < -0.4 is 0 Å². The third-order valence-electron chi connectivity index (χ3n) is 6.80. The fourth-order valence-corrected chi connectivity index (χ4v) is 4.48. The fourth-order valence-electron chi connectivity index (χ4n) is 4.48. The quantitative estimate of drug-likeness (QED) is 0.421. The number of rotatable bonds is 6. The van der Waals surface area contributed by atoms with E-state index in [9.17, 15) is 15.0 Å². The Balaban J connectivity index is 3.01. The van der Waals surface area contributed by atoms with E-state index in [-0.39, 0.29) is 28.2 Å². The van der Waals surface area contributed by atoms with Gasteiger partial charge < -0.3 is 10.2 Å². The summed E-state index contributed by atoms with van der Waals surface area (Å²) >= 11 is 0. The standard InChI is InChI=1S/C31H44O3/c1-17(2)21-13-23(27(20(6)29(33)34)25(15-21)30(7,8)9)19(5)24-14-22(18(3)4)16-26(28(24)32)31(10,11)12/h13-19,32H,6H2,1-5,7-12H3,(H,33,34). The summed E-state index contributed by atoms with van der Waals surface area (Å²) < 4.78 is 0. The zero-order valence-corrected chi connectivity index (χ0v) is 23.1. The maximum absolute atomic E-state index is 12.2. The molecule has 1 unspecified atom stereocenters. The van der Waals surface area contributed by atoms with Crippen LogP contribution >= 0.6 is 0 Å². The average molecular weight is 465 g/mol. The van der Waals surface area contributed by atoms with Gasteiger partial charge in [-0.1, -0.05) is 107 Å². The first-order valence-corrected chi connectivity index (χ1v) is 12.4. The van der Waals surface area contributed by atoms with Gasteiger partial charge in [-0.2, -0.15) is 0 Å². The molecule has 2 aromatic carbocycles. The zero-order chi connectivity index (χ0) is 26.3. The molecule has 0 saturated heterocycles. The second-order valence-electron chi connectivity index (χ2n) is 12.4. The van der Waals surface area contributed by atoms with Crippen LogP contribution in [0, 0.1) is 0 Å². The summed E-state index contributed by atoms with van der Waals surface area (Å²) in [5.74, 6) is -0.366. The fraction of sp³-hybridized carbons (Fsp3) is 0.516. The lowest BCUT2D eigenvalue weighted by molar-refractivity contribution is -0.130. The van der Waals surface area contributed by atoms with E-state index in [2.05, 4.69) is 107 Å². The van der Waals surface area contributed by atoms with E-state index in [1.807, 2.05) is 0 Å². The maximum atomic E-state index is 12.2. The van der Waals surface area contributed by atoms with E-state index in [4.69, 9.17) is 0 Å². The number of phenolic OH excluding ortho intramolecular Hbond substituents is 1. The minimum atomic E-state index is -1.02. The van der Waals surface area contributed by atoms with Crippen molar-refractivity contribution in [2.24, 2.45) is 0 Å². The number of aliphatic carboxylic acids is 1. The molecule has 0 spiro atoms. The molecule has 2 rings (SSSR count). The Bertz CT molecular complexity index is 1090. The van der Waals surface area contributed by atoms with Gasteiger partial charge in [0.15, 0.2) is 0 Å². The van der Waals surface area contributed by atoms with Crippen molar-refractivity contribution in [2.75, 3.05) is 0 Å². The van der Waals surface area contributed by atoms with Crippen molar-refractivity contribution in [2.45, 2.75) is 105 Å². The van der Waals surface area contributed by atoms with E-state index < -0.39 is 5.97 Å². The Kier molecular flexibility index (Phi) is 7.82. The van der Waals surface area contributed by atoms with E-state index in [0.717, 1.165) is 27.8 Å². The molecule has 186 valence electrons. The first kappa shape index (κ1) is 27.7. The van der Waals surface area contributed by atoms with Crippen molar-refractivity contribution >= 4 is 11.5 Å². The van der Waals surface area contributed by atoms with Crippen molar-refractivity contribution < 1.29 is 15.0 Å². The van der Waals surface area contributed by atoms with Gasteiger partial charge >= 0.3 is 5.97 Å². The van der Waals surface area contributed by atoms with Crippen molar-refractivity contribution in [1.29, 1.82) is 0 Å². The average Bonchev–Trinajstić information content (AvgIpc) is 2.69. The summed E-state index contributed by atoms with van der Waals surface area (Å²) in [4.78, 5) is 12.2. The molecule has 0 saturated carbocycles. The van der Waals surface area contributed by atoms with Crippen molar-refractivity contribution in [3.05, 3.63) is 69.8 Å². The highest BCUT2D eigenvalue weighted by Gasteiger charge is 2.30. The monoisotopic (exact) mass is 464 g/mol. The third kappa shape index (κ3) is 5.56. The molecule has 34 heavy (non-hydrogen) atoms. The van der Waals surface area contributed by atoms with Gasteiger partial charge in [0, 0.05) is 11.5 Å². The summed E-state index contributed by atoms with van der Waals surface area (Å²) in [6, 6.07) is 8.45. The van der Waals surface area contributed by atoms with Gasteiger partial charge in [0.05, 0.1) is 5.57 Å². The van der Waals surface area contributed by atoms with Crippen molar-refractivity contribution in [3.8, 4) is 5.75 Å². The first-order valence-electron chi connectivity index (χ1n) is 12.4. The Hall–Kier alpha value is -2.55. The molecule has 1 atom stereocenters. The number of phenols is 1. The molecule has 0 amide bonds. The number of carboxylic acids is 1. The Morgan fingerprint density at radius 2 is 1.18 bits per heavy atom. The third-order valence-corrected chi connectivity index (χ3v) is 6.80. The second-order valence-corrected chi connectivity index (χ2v) is 12.4. The molecule has 0 bridgehead atoms. The topological polar surface area (TPSA) is 57.5 Å². The van der Waals surface area contributed by atoms with E-state index in [0.29, 0.717) is 17.2 Å². The minimum absolute atomic E-state index is 0.0950. The van der Waals surface area contributed by atoms with Crippen LogP contribution in [-0.2, 0) is 15.6 Å². The summed E-state index contributed by atoms with van der Waals surface area (Å²) in [6.07, 6.45) is 0. The Morgan fingerprint density at radius 1 is 0.765 bits per heavy atom. The molecule has 0 aliphatic carbocycles. The van der Waals surface area contributed by atoms with Crippen LogP contribution in [0.3, 0.4) is 0 Å². The van der Waals surface area contributed by atoms with Gasteiger partial charge in [0.25, 0.3) is 0 Å². The second kappa shape index (κ2) is 9.60. The highest BCUT2D eigenvalue weighted by atomic mass is 16.4. The lowest BCUT2D eigenvalue weighted by Crippen LogP contribution is -2.20. The molecule has 0 radical (unpaired) electrons. The molecule has 0 heterocycles. The van der Waals surface area contributed by atoms with Crippen LogP contribution in [0.1, 0.15) is 133 Å². The predicted molar refractivity (Wildman–Crippen MR) is 144 cm³/mol. The molecule has 0 aliphatic rings. The van der Waals surface area contributed by atoms with E-state index >= 15 is 0 Å². The van der Waals surface area contributed by atoms with Crippen LogP contribution in [0.2, 0.25) is 0 Å². The molecule has 3 nitrogen and oxygen atoms in total. The smallest absolute Gasteiger partial charge is 0.335 e. The van der Waals surface area contributed by atoms with Crippen molar-refractivity contribution in [3.63, 3.8) is 0 Å². The molecular formula is C31H44O3. The Morgan fingerprint density at radius 3 is 1.56 bits per heavy atom. The number of carboxylic acid groups (broad SMARTS) is 1. The zero-order valence-electron chi connectivity index (χ0n) is 23.1. The molecule has 0 aromatic heterocycles. The molecular weight excluding hydrogens is 420 g/mol.